The Kier molecular flexibility index (Phi) is 2.13. The van der Waals surface area contributed by atoms with E-state index in [1.54, 1.807) is 0 Å². The van der Waals surface area contributed by atoms with Gasteiger partial charge >= 0.3 is 10.4 Å². The predicted octanol–water partition coefficient (Wildman–Crippen LogP) is -0.141. The van der Waals surface area contributed by atoms with Crippen LogP contribution in [0.15, 0.2) is 0 Å². The van der Waals surface area contributed by atoms with Gasteiger partial charge in [-0.25, -0.2) is 0 Å². The van der Waals surface area contributed by atoms with Gasteiger partial charge < -0.3 is 5.73 Å². The van der Waals surface area contributed by atoms with E-state index in [0.717, 1.165) is 6.92 Å². The van der Waals surface area contributed by atoms with Gasteiger partial charge in [-0.1, -0.05) is 0 Å². The first-order valence-corrected chi connectivity index (χ1v) is 2.81. The van der Waals surface area contributed by atoms with Crippen LogP contribution in [0.25, 0.3) is 0 Å². The zero-order valence-electron chi connectivity index (χ0n) is 4.63. The van der Waals surface area contributed by atoms with Gasteiger partial charge in [-0.3, -0.25) is 14.9 Å². The molecular weight excluding hydrogens is 192 g/mol. The minimum Gasteiger partial charge on any atom is -0.363 e. The molecule has 0 heterocycles. The number of amides is 1. The molecule has 0 fully saturated rings. The van der Waals surface area contributed by atoms with Gasteiger partial charge in [-0.05, 0) is 0 Å². The second kappa shape index (κ2) is 2.30. The highest BCUT2D eigenvalue weighted by Gasteiger charge is 2.40. The van der Waals surface area contributed by atoms with Crippen molar-refractivity contribution >= 4 is 21.8 Å². The monoisotopic (exact) mass is 196 g/mol. The molecule has 0 aromatic carbocycles. The number of carbonyl (C=O) groups excluding carboxylic acids is 1. The Bertz CT molecular complexity index is 139. The van der Waals surface area contributed by atoms with E-state index < -0.39 is 15.3 Å². The second-order valence-electron chi connectivity index (χ2n) is 1.57. The summed E-state index contributed by atoms with van der Waals surface area (Å²) < 4.78 is -1.83. The average molecular weight is 197 g/mol. The maximum absolute atomic E-state index is 10.2. The van der Waals surface area contributed by atoms with Gasteiger partial charge in [0.1, 0.15) is 0 Å². The number of nitrogens with two attached hydrogens (primary N) is 1. The average Bonchev–Trinajstić information content (AvgIpc) is 1.65. The number of nitrogens with zero attached hydrogens (tertiary/aromatic N) is 1. The summed E-state index contributed by atoms with van der Waals surface area (Å²) in [5.41, 5.74) is 4.64. The summed E-state index contributed by atoms with van der Waals surface area (Å²) in [5, 5.41) is 9.92. The molecule has 1 unspecified atom stereocenters. The van der Waals surface area contributed by atoms with Gasteiger partial charge in [0, 0.05) is 27.8 Å². The van der Waals surface area contributed by atoms with Gasteiger partial charge in [0.15, 0.2) is 0 Å². The van der Waals surface area contributed by atoms with E-state index in [-0.39, 0.29) is 0 Å². The topological polar surface area (TPSA) is 86.2 Å². The first kappa shape index (κ1) is 8.35. The molecule has 1 amide bonds. The van der Waals surface area contributed by atoms with Crippen molar-refractivity contribution in [1.82, 2.24) is 0 Å². The van der Waals surface area contributed by atoms with Gasteiger partial charge in [-0.15, -0.1) is 0 Å². The van der Waals surface area contributed by atoms with Crippen molar-refractivity contribution in [3.05, 3.63) is 10.1 Å². The minimum absolute atomic E-state index is 0.796. The number of hydrogen-bond donors (Lipinski definition) is 1. The van der Waals surface area contributed by atoms with E-state index in [9.17, 15) is 14.9 Å². The van der Waals surface area contributed by atoms with Gasteiger partial charge in [0.05, 0.1) is 0 Å². The predicted molar refractivity (Wildman–Crippen MR) is 33.5 cm³/mol. The Balaban J connectivity index is 4.38. The summed E-state index contributed by atoms with van der Waals surface area (Å²) >= 11 is 2.54. The fourth-order valence-electron chi connectivity index (χ4n) is 0.0900. The quantitative estimate of drug-likeness (QED) is 0.289. The Morgan fingerprint density at radius 2 is 2.22 bits per heavy atom. The maximum Gasteiger partial charge on any atom is 0.347 e. The van der Waals surface area contributed by atoms with Gasteiger partial charge in [0.25, 0.3) is 0 Å². The van der Waals surface area contributed by atoms with Crippen LogP contribution in [0.1, 0.15) is 6.92 Å². The molecule has 1 atom stereocenters. The molecule has 5 nitrogen and oxygen atoms in total. The van der Waals surface area contributed by atoms with Crippen molar-refractivity contribution in [2.24, 2.45) is 5.73 Å². The number of primary amides is 1. The Labute approximate surface area is 59.5 Å². The Morgan fingerprint density at radius 3 is 2.22 bits per heavy atom. The molecule has 0 radical (unpaired) electrons. The molecule has 0 aromatic rings. The van der Waals surface area contributed by atoms with Crippen LogP contribution in [0.4, 0.5) is 0 Å². The number of hydrogen-bond acceptors (Lipinski definition) is 3. The molecule has 0 rings (SSSR count). The van der Waals surface area contributed by atoms with Crippen LogP contribution in [0, 0.1) is 10.1 Å². The zero-order valence-corrected chi connectivity index (χ0v) is 6.21. The van der Waals surface area contributed by atoms with Crippen molar-refractivity contribution in [2.75, 3.05) is 0 Å². The lowest BCUT2D eigenvalue weighted by molar-refractivity contribution is -0.515. The Morgan fingerprint density at radius 1 is 1.89 bits per heavy atom. The molecule has 0 aromatic heterocycles. The third kappa shape index (κ3) is 1.63. The highest BCUT2D eigenvalue weighted by molar-refractivity contribution is 9.10. The standard InChI is InChI=1S/C3H5BrN2O3/c1-3(4,2(5)7)6(8)9/h1H3,(H2,5,7). The fraction of sp³-hybridized carbons (Fsp3) is 0.667. The number of nitro groups is 1. The molecule has 0 aliphatic heterocycles. The Hall–Kier alpha value is -0.650. The highest BCUT2D eigenvalue weighted by atomic mass is 79.9. The van der Waals surface area contributed by atoms with Gasteiger partial charge in [0.2, 0.25) is 0 Å². The minimum atomic E-state index is -1.83. The molecule has 2 N–H and O–H groups in total. The van der Waals surface area contributed by atoms with Gasteiger partial charge in [-0.2, -0.15) is 0 Å². The highest BCUT2D eigenvalue weighted by Crippen LogP contribution is 2.15. The third-order valence-corrected chi connectivity index (χ3v) is 1.47. The van der Waals surface area contributed by atoms with E-state index in [4.69, 9.17) is 0 Å². The molecule has 0 saturated heterocycles. The van der Waals surface area contributed by atoms with Crippen LogP contribution in [0.2, 0.25) is 0 Å². The van der Waals surface area contributed by atoms with E-state index in [1.165, 1.54) is 0 Å². The molecule has 0 aliphatic rings. The van der Waals surface area contributed by atoms with Crippen LogP contribution in [0.5, 0.6) is 0 Å². The summed E-state index contributed by atoms with van der Waals surface area (Å²) in [4.78, 5) is 19.3. The van der Waals surface area contributed by atoms with E-state index >= 15 is 0 Å². The second-order valence-corrected chi connectivity index (χ2v) is 3.12. The van der Waals surface area contributed by atoms with Crippen molar-refractivity contribution in [3.8, 4) is 0 Å². The molecule has 0 aliphatic carbocycles. The molecule has 0 saturated carbocycles. The van der Waals surface area contributed by atoms with Crippen LogP contribution in [0.3, 0.4) is 0 Å². The summed E-state index contributed by atoms with van der Waals surface area (Å²) in [6.07, 6.45) is 0. The van der Waals surface area contributed by atoms with Crippen LogP contribution in [-0.2, 0) is 4.79 Å². The molecule has 0 bridgehead atoms. The van der Waals surface area contributed by atoms with Crippen molar-refractivity contribution < 1.29 is 9.72 Å². The number of alkyl halides is 1. The number of carbonyl (C=O) groups is 1. The lowest BCUT2D eigenvalue weighted by Gasteiger charge is -2.06. The molecular formula is C3H5BrN2O3. The smallest absolute Gasteiger partial charge is 0.347 e. The van der Waals surface area contributed by atoms with Crippen molar-refractivity contribution in [3.63, 3.8) is 0 Å². The number of halogens is 1. The summed E-state index contributed by atoms with van der Waals surface area (Å²) in [7, 11) is 0. The first-order chi connectivity index (χ1) is 3.89. The lowest BCUT2D eigenvalue weighted by Crippen LogP contribution is -2.42. The lowest BCUT2D eigenvalue weighted by atomic mass is 10.3. The largest absolute Gasteiger partial charge is 0.363 e. The van der Waals surface area contributed by atoms with Crippen LogP contribution < -0.4 is 5.73 Å². The number of rotatable bonds is 2. The van der Waals surface area contributed by atoms with E-state index in [0.29, 0.717) is 0 Å². The fourth-order valence-corrected chi connectivity index (χ4v) is 0.0900. The zero-order chi connectivity index (χ0) is 7.65. The van der Waals surface area contributed by atoms with Crippen molar-refractivity contribution in [2.45, 2.75) is 11.4 Å². The molecule has 52 valence electrons. The van der Waals surface area contributed by atoms with Crippen LogP contribution >= 0.6 is 15.9 Å². The molecule has 9 heavy (non-hydrogen) atoms. The van der Waals surface area contributed by atoms with E-state index in [2.05, 4.69) is 21.7 Å². The molecule has 6 heteroatoms. The van der Waals surface area contributed by atoms with Crippen molar-refractivity contribution in [1.29, 1.82) is 0 Å². The van der Waals surface area contributed by atoms with Crippen LogP contribution in [-0.4, -0.2) is 15.3 Å². The molecule has 0 spiro atoms. The first-order valence-electron chi connectivity index (χ1n) is 2.02. The third-order valence-electron chi connectivity index (χ3n) is 0.793. The normalized spacial score (nSPS) is 16.2. The maximum atomic E-state index is 10.2. The summed E-state index contributed by atoms with van der Waals surface area (Å²) in [6, 6.07) is 0. The van der Waals surface area contributed by atoms with E-state index in [1.807, 2.05) is 0 Å². The summed E-state index contributed by atoms with van der Waals surface area (Å²) in [5.74, 6) is -1.01. The SMILES string of the molecule is CC(Br)(C(N)=O)[N+](=O)[O-]. The summed E-state index contributed by atoms with van der Waals surface area (Å²) in [6.45, 7) is 1.08.